The monoisotopic (exact) mass is 526 g/mol. The van der Waals surface area contributed by atoms with Crippen molar-refractivity contribution in [2.45, 2.75) is 6.92 Å². The molecule has 4 aromatic rings. The van der Waals surface area contributed by atoms with Gasteiger partial charge in [0.2, 0.25) is 0 Å². The molecule has 194 valence electrons. The van der Waals surface area contributed by atoms with Crippen LogP contribution in [0.3, 0.4) is 0 Å². The van der Waals surface area contributed by atoms with Crippen LogP contribution < -0.4 is 0 Å². The molecule has 4 N–H and O–H groups in total. The molecule has 39 heavy (non-hydrogen) atoms. The number of hydrogen-bond acceptors (Lipinski definition) is 8. The van der Waals surface area contributed by atoms with Crippen molar-refractivity contribution in [3.8, 4) is 22.3 Å². The fourth-order valence-corrected chi connectivity index (χ4v) is 4.37. The Morgan fingerprint density at radius 3 is 1.46 bits per heavy atom. The maximum absolute atomic E-state index is 11.8. The Kier molecular flexibility index (Phi) is 6.94. The van der Waals surface area contributed by atoms with Gasteiger partial charge >= 0.3 is 23.9 Å². The Balaban J connectivity index is 2.21. The van der Waals surface area contributed by atoms with Crippen molar-refractivity contribution in [3.63, 3.8) is 0 Å². The van der Waals surface area contributed by atoms with Gasteiger partial charge in [0, 0.05) is 28.6 Å². The first-order valence-corrected chi connectivity index (χ1v) is 11.0. The van der Waals surface area contributed by atoms with Gasteiger partial charge in [-0.25, -0.2) is 19.2 Å². The summed E-state index contributed by atoms with van der Waals surface area (Å²) in [7, 11) is 0. The third-order valence-electron chi connectivity index (χ3n) is 6.02. The zero-order chi connectivity index (χ0) is 28.4. The first-order chi connectivity index (χ1) is 18.5. The largest absolute Gasteiger partial charge is 0.478 e. The lowest BCUT2D eigenvalue weighted by molar-refractivity contribution is 0.0676. The standard InChI is InChI=1S/C27H18N4O8/c1-12-19(9-29-28-2)23(14-5-17(26(36)37)8-18(6-14)27(38)39)21-11-31-30-10-20(21)22(12)13-3-15(24(32)33)7-16(4-13)25(34)35/h3-11H,2H2,1H3,(H,32,33)(H,34,35)(H,36,37)(H,38,39)/b29-9-. The fourth-order valence-electron chi connectivity index (χ4n) is 4.37. The van der Waals surface area contributed by atoms with E-state index in [0.717, 1.165) is 12.1 Å². The van der Waals surface area contributed by atoms with Crippen LogP contribution in [0.5, 0.6) is 0 Å². The SMILES string of the molecule is C=N/N=C\c1c(C)c(-c2cc(C(=O)O)cc(C(=O)O)c2)c2cnncc2c1-c1cc(C(=O)O)cc(C(=O)O)c1. The molecule has 0 amide bonds. The maximum atomic E-state index is 11.8. The van der Waals surface area contributed by atoms with Crippen LogP contribution in [-0.2, 0) is 0 Å². The van der Waals surface area contributed by atoms with E-state index in [-0.39, 0.29) is 33.4 Å². The van der Waals surface area contributed by atoms with Gasteiger partial charge in [0.15, 0.2) is 0 Å². The number of hydrogen-bond donors (Lipinski definition) is 4. The summed E-state index contributed by atoms with van der Waals surface area (Å²) in [4.78, 5) is 47.2. The van der Waals surface area contributed by atoms with E-state index in [0.29, 0.717) is 33.0 Å². The number of aromatic nitrogens is 2. The number of carboxylic acids is 4. The van der Waals surface area contributed by atoms with Crippen LogP contribution in [0.15, 0.2) is 59.0 Å². The summed E-state index contributed by atoms with van der Waals surface area (Å²) >= 11 is 0. The lowest BCUT2D eigenvalue weighted by atomic mass is 9.84. The van der Waals surface area contributed by atoms with Crippen molar-refractivity contribution in [2.24, 2.45) is 10.2 Å². The van der Waals surface area contributed by atoms with Crippen LogP contribution in [-0.4, -0.2) is 67.4 Å². The van der Waals surface area contributed by atoms with E-state index in [9.17, 15) is 39.6 Å². The van der Waals surface area contributed by atoms with E-state index in [1.165, 1.54) is 42.9 Å². The van der Waals surface area contributed by atoms with Crippen LogP contribution in [0.1, 0.15) is 52.6 Å². The van der Waals surface area contributed by atoms with Gasteiger partial charge < -0.3 is 20.4 Å². The van der Waals surface area contributed by atoms with E-state index in [2.05, 4.69) is 27.1 Å². The van der Waals surface area contributed by atoms with Crippen LogP contribution in [0.2, 0.25) is 0 Å². The highest BCUT2D eigenvalue weighted by atomic mass is 16.4. The minimum atomic E-state index is -1.34. The zero-order valence-corrected chi connectivity index (χ0v) is 20.1. The number of benzene rings is 3. The second kappa shape index (κ2) is 10.3. The Labute approximate surface area is 219 Å². The molecule has 0 saturated heterocycles. The number of aromatic carboxylic acids is 4. The van der Waals surface area contributed by atoms with Crippen molar-refractivity contribution >= 4 is 47.6 Å². The highest BCUT2D eigenvalue weighted by Crippen LogP contribution is 2.41. The zero-order valence-electron chi connectivity index (χ0n) is 20.1. The van der Waals surface area contributed by atoms with Gasteiger partial charge in [-0.3, -0.25) is 0 Å². The predicted molar refractivity (Wildman–Crippen MR) is 140 cm³/mol. The molecule has 0 radical (unpaired) electrons. The molecule has 0 unspecified atom stereocenters. The maximum Gasteiger partial charge on any atom is 0.335 e. The molecule has 0 aliphatic rings. The Bertz CT molecular complexity index is 1700. The highest BCUT2D eigenvalue weighted by Gasteiger charge is 2.23. The predicted octanol–water partition coefficient (Wildman–Crippen LogP) is 4.10. The van der Waals surface area contributed by atoms with Gasteiger partial charge in [0.1, 0.15) is 0 Å². The summed E-state index contributed by atoms with van der Waals surface area (Å²) in [6, 6.07) is 7.30. The van der Waals surface area contributed by atoms with Gasteiger partial charge in [-0.05, 0) is 65.6 Å². The molecule has 3 aromatic carbocycles. The average molecular weight is 526 g/mol. The normalized spacial score (nSPS) is 11.0. The van der Waals surface area contributed by atoms with E-state index in [1.807, 2.05) is 0 Å². The van der Waals surface area contributed by atoms with Crippen molar-refractivity contribution in [3.05, 3.63) is 82.2 Å². The molecule has 0 aliphatic heterocycles. The molecule has 4 rings (SSSR count). The first kappa shape index (κ1) is 26.3. The van der Waals surface area contributed by atoms with Gasteiger partial charge in [-0.1, -0.05) is 0 Å². The molecule has 0 saturated carbocycles. The quantitative estimate of drug-likeness (QED) is 0.191. The minimum Gasteiger partial charge on any atom is -0.478 e. The topological polar surface area (TPSA) is 200 Å². The summed E-state index contributed by atoms with van der Waals surface area (Å²) < 4.78 is 0. The molecule has 1 heterocycles. The second-order valence-electron chi connectivity index (χ2n) is 8.31. The number of carboxylic acid groups (broad SMARTS) is 4. The van der Waals surface area contributed by atoms with Gasteiger partial charge in [-0.15, -0.1) is 0 Å². The molecule has 1 aromatic heterocycles. The van der Waals surface area contributed by atoms with E-state index < -0.39 is 23.9 Å². The third-order valence-corrected chi connectivity index (χ3v) is 6.02. The fraction of sp³-hybridized carbons (Fsp3) is 0.0370. The molecular weight excluding hydrogens is 508 g/mol. The molecule has 0 atom stereocenters. The Morgan fingerprint density at radius 1 is 0.692 bits per heavy atom. The van der Waals surface area contributed by atoms with E-state index in [1.54, 1.807) is 6.92 Å². The van der Waals surface area contributed by atoms with Crippen molar-refractivity contribution in [1.82, 2.24) is 10.2 Å². The minimum absolute atomic E-state index is 0.218. The summed E-state index contributed by atoms with van der Waals surface area (Å²) in [5.41, 5.74) is 0.998. The van der Waals surface area contributed by atoms with Crippen molar-refractivity contribution in [2.75, 3.05) is 0 Å². The highest BCUT2D eigenvalue weighted by molar-refractivity contribution is 6.14. The molecular formula is C27H18N4O8. The number of carbonyl (C=O) groups is 4. The van der Waals surface area contributed by atoms with Crippen LogP contribution >= 0.6 is 0 Å². The average Bonchev–Trinajstić information content (AvgIpc) is 2.91. The van der Waals surface area contributed by atoms with Crippen LogP contribution in [0.25, 0.3) is 33.0 Å². The molecule has 12 nitrogen and oxygen atoms in total. The molecule has 0 bridgehead atoms. The molecule has 12 heteroatoms. The van der Waals surface area contributed by atoms with Crippen molar-refractivity contribution < 1.29 is 39.6 Å². The van der Waals surface area contributed by atoms with Crippen LogP contribution in [0.4, 0.5) is 0 Å². The van der Waals surface area contributed by atoms with E-state index >= 15 is 0 Å². The summed E-state index contributed by atoms with van der Waals surface area (Å²) in [5.74, 6) is -5.35. The first-order valence-electron chi connectivity index (χ1n) is 11.0. The summed E-state index contributed by atoms with van der Waals surface area (Å²) in [6.45, 7) is 4.99. The molecule has 0 spiro atoms. The van der Waals surface area contributed by atoms with Gasteiger partial charge in [0.05, 0.1) is 40.9 Å². The Hall–Kier alpha value is -5.78. The number of nitrogens with zero attached hydrogens (tertiary/aromatic N) is 4. The second-order valence-corrected chi connectivity index (χ2v) is 8.31. The number of rotatable bonds is 8. The smallest absolute Gasteiger partial charge is 0.335 e. The number of fused-ring (bicyclic) bond motifs is 1. The Morgan fingerprint density at radius 2 is 1.08 bits per heavy atom. The lowest BCUT2D eigenvalue weighted by Crippen LogP contribution is -2.06. The van der Waals surface area contributed by atoms with Crippen LogP contribution in [0, 0.1) is 6.92 Å². The summed E-state index contributed by atoms with van der Waals surface area (Å²) in [5, 5.41) is 54.5. The molecule has 0 aliphatic carbocycles. The van der Waals surface area contributed by atoms with Gasteiger partial charge in [-0.2, -0.15) is 20.4 Å². The lowest BCUT2D eigenvalue weighted by Gasteiger charge is -2.19. The van der Waals surface area contributed by atoms with Crippen molar-refractivity contribution in [1.29, 1.82) is 0 Å². The van der Waals surface area contributed by atoms with Gasteiger partial charge in [0.25, 0.3) is 0 Å². The third kappa shape index (κ3) is 4.93. The van der Waals surface area contributed by atoms with E-state index in [4.69, 9.17) is 0 Å². The molecule has 0 fully saturated rings. The summed E-state index contributed by atoms with van der Waals surface area (Å²) in [6.07, 6.45) is 4.09.